The maximum Gasteiger partial charge on any atom is 0.0588 e. The Labute approximate surface area is 118 Å². The third-order valence-corrected chi connectivity index (χ3v) is 4.10. The van der Waals surface area contributed by atoms with Gasteiger partial charge in [0.25, 0.3) is 0 Å². The van der Waals surface area contributed by atoms with Crippen LogP contribution in [0.3, 0.4) is 0 Å². The summed E-state index contributed by atoms with van der Waals surface area (Å²) in [6.45, 7) is 5.35. The molecule has 1 nitrogen and oxygen atoms in total. The molecule has 0 aliphatic carbocycles. The SMILES string of the molecule is CCCNC(c1cccc(Cl)c1)c1cscc1C. The van der Waals surface area contributed by atoms with Crippen molar-refractivity contribution in [3.8, 4) is 0 Å². The second-order valence-electron chi connectivity index (χ2n) is 4.45. The number of rotatable bonds is 5. The Balaban J connectivity index is 2.33. The molecule has 2 aromatic rings. The normalized spacial score (nSPS) is 12.6. The van der Waals surface area contributed by atoms with Gasteiger partial charge in [-0.05, 0) is 59.5 Å². The fraction of sp³-hybridized carbons (Fsp3) is 0.333. The molecule has 0 radical (unpaired) electrons. The third kappa shape index (κ3) is 3.14. The Bertz CT molecular complexity index is 507. The minimum absolute atomic E-state index is 0.245. The van der Waals surface area contributed by atoms with Gasteiger partial charge in [0.1, 0.15) is 0 Å². The fourth-order valence-electron chi connectivity index (χ4n) is 2.05. The summed E-state index contributed by atoms with van der Waals surface area (Å²) in [4.78, 5) is 0. The molecule has 96 valence electrons. The highest BCUT2D eigenvalue weighted by Crippen LogP contribution is 2.28. The molecule has 18 heavy (non-hydrogen) atoms. The first kappa shape index (κ1) is 13.6. The first-order valence-electron chi connectivity index (χ1n) is 6.24. The summed E-state index contributed by atoms with van der Waals surface area (Å²) >= 11 is 7.85. The molecule has 1 unspecified atom stereocenters. The van der Waals surface area contributed by atoms with Crippen molar-refractivity contribution in [1.82, 2.24) is 5.32 Å². The highest BCUT2D eigenvalue weighted by Gasteiger charge is 2.16. The number of hydrogen-bond donors (Lipinski definition) is 1. The molecule has 1 atom stereocenters. The van der Waals surface area contributed by atoms with Crippen molar-refractivity contribution in [2.45, 2.75) is 26.3 Å². The number of halogens is 1. The first-order chi connectivity index (χ1) is 8.72. The van der Waals surface area contributed by atoms with E-state index in [-0.39, 0.29) is 6.04 Å². The molecule has 0 aliphatic heterocycles. The monoisotopic (exact) mass is 279 g/mol. The number of hydrogen-bond acceptors (Lipinski definition) is 2. The van der Waals surface area contributed by atoms with Gasteiger partial charge in [0.15, 0.2) is 0 Å². The Morgan fingerprint density at radius 2 is 2.17 bits per heavy atom. The van der Waals surface area contributed by atoms with Gasteiger partial charge in [-0.3, -0.25) is 0 Å². The van der Waals surface area contributed by atoms with E-state index in [0.717, 1.165) is 18.0 Å². The van der Waals surface area contributed by atoms with Crippen LogP contribution in [-0.4, -0.2) is 6.54 Å². The van der Waals surface area contributed by atoms with E-state index in [4.69, 9.17) is 11.6 Å². The Hall–Kier alpha value is -0.830. The summed E-state index contributed by atoms with van der Waals surface area (Å²) < 4.78 is 0. The molecule has 2 rings (SSSR count). The average Bonchev–Trinajstić information content (AvgIpc) is 2.77. The number of nitrogens with one attached hydrogen (secondary N) is 1. The molecular weight excluding hydrogens is 262 g/mol. The van der Waals surface area contributed by atoms with Crippen LogP contribution in [-0.2, 0) is 0 Å². The molecule has 1 aromatic carbocycles. The van der Waals surface area contributed by atoms with E-state index in [2.05, 4.69) is 36.0 Å². The summed E-state index contributed by atoms with van der Waals surface area (Å²) in [6, 6.07) is 8.36. The third-order valence-electron chi connectivity index (χ3n) is 2.99. The van der Waals surface area contributed by atoms with Crippen molar-refractivity contribution in [3.05, 3.63) is 56.7 Å². The van der Waals surface area contributed by atoms with Crippen molar-refractivity contribution >= 4 is 22.9 Å². The highest BCUT2D eigenvalue weighted by molar-refractivity contribution is 7.08. The van der Waals surface area contributed by atoms with E-state index in [1.807, 2.05) is 18.2 Å². The zero-order valence-corrected chi connectivity index (χ0v) is 12.3. The maximum atomic E-state index is 6.10. The average molecular weight is 280 g/mol. The van der Waals surface area contributed by atoms with Crippen LogP contribution in [0.1, 0.15) is 36.1 Å². The van der Waals surface area contributed by atoms with Gasteiger partial charge in [0, 0.05) is 5.02 Å². The molecule has 0 saturated carbocycles. The van der Waals surface area contributed by atoms with Gasteiger partial charge in [-0.2, -0.15) is 11.3 Å². The summed E-state index contributed by atoms with van der Waals surface area (Å²) in [5.41, 5.74) is 3.93. The molecule has 1 N–H and O–H groups in total. The van der Waals surface area contributed by atoms with E-state index < -0.39 is 0 Å². The lowest BCUT2D eigenvalue weighted by atomic mass is 9.98. The molecule has 0 saturated heterocycles. The summed E-state index contributed by atoms with van der Waals surface area (Å²) in [5, 5.41) is 8.82. The molecule has 1 aromatic heterocycles. The van der Waals surface area contributed by atoms with Crippen molar-refractivity contribution in [3.63, 3.8) is 0 Å². The van der Waals surface area contributed by atoms with Gasteiger partial charge in [0.05, 0.1) is 6.04 Å². The van der Waals surface area contributed by atoms with Crippen LogP contribution in [0.2, 0.25) is 5.02 Å². The zero-order valence-electron chi connectivity index (χ0n) is 10.7. The first-order valence-corrected chi connectivity index (χ1v) is 7.56. The highest BCUT2D eigenvalue weighted by atomic mass is 35.5. The fourth-order valence-corrected chi connectivity index (χ4v) is 3.12. The van der Waals surface area contributed by atoms with E-state index >= 15 is 0 Å². The topological polar surface area (TPSA) is 12.0 Å². The van der Waals surface area contributed by atoms with E-state index in [9.17, 15) is 0 Å². The van der Waals surface area contributed by atoms with Crippen LogP contribution in [0, 0.1) is 6.92 Å². The van der Waals surface area contributed by atoms with Crippen molar-refractivity contribution in [2.24, 2.45) is 0 Å². The lowest BCUT2D eigenvalue weighted by Gasteiger charge is -2.19. The Morgan fingerprint density at radius 3 is 2.78 bits per heavy atom. The van der Waals surface area contributed by atoms with Crippen molar-refractivity contribution in [2.75, 3.05) is 6.54 Å². The van der Waals surface area contributed by atoms with E-state index in [1.54, 1.807) is 11.3 Å². The molecule has 0 spiro atoms. The summed E-state index contributed by atoms with van der Waals surface area (Å²) in [7, 11) is 0. The standard InChI is InChI=1S/C15H18ClNS/c1-3-7-17-15(14-10-18-9-11(14)2)12-5-4-6-13(16)8-12/h4-6,8-10,15,17H,3,7H2,1-2H3. The van der Waals surface area contributed by atoms with Crippen LogP contribution in [0.5, 0.6) is 0 Å². The summed E-state index contributed by atoms with van der Waals surface area (Å²) in [5.74, 6) is 0. The number of aryl methyl sites for hydroxylation is 1. The van der Waals surface area contributed by atoms with Crippen LogP contribution in [0.25, 0.3) is 0 Å². The minimum Gasteiger partial charge on any atom is -0.306 e. The smallest absolute Gasteiger partial charge is 0.0588 e. The molecular formula is C15H18ClNS. The molecule has 0 bridgehead atoms. The predicted octanol–water partition coefficient (Wildman–Crippen LogP) is 4.80. The molecule has 0 aliphatic rings. The minimum atomic E-state index is 0.245. The largest absolute Gasteiger partial charge is 0.306 e. The van der Waals surface area contributed by atoms with Crippen LogP contribution >= 0.6 is 22.9 Å². The predicted molar refractivity (Wildman–Crippen MR) is 80.6 cm³/mol. The second-order valence-corrected chi connectivity index (χ2v) is 5.63. The van der Waals surface area contributed by atoms with Gasteiger partial charge in [-0.25, -0.2) is 0 Å². The van der Waals surface area contributed by atoms with Gasteiger partial charge in [-0.1, -0.05) is 30.7 Å². The Kier molecular flexibility index (Phi) is 4.81. The lowest BCUT2D eigenvalue weighted by molar-refractivity contribution is 0.598. The molecule has 0 amide bonds. The van der Waals surface area contributed by atoms with Gasteiger partial charge < -0.3 is 5.32 Å². The summed E-state index contributed by atoms with van der Waals surface area (Å²) in [6.07, 6.45) is 1.13. The molecule has 0 fully saturated rings. The molecule has 1 heterocycles. The van der Waals surface area contributed by atoms with Gasteiger partial charge >= 0.3 is 0 Å². The van der Waals surface area contributed by atoms with E-state index in [1.165, 1.54) is 16.7 Å². The molecule has 3 heteroatoms. The maximum absolute atomic E-state index is 6.10. The van der Waals surface area contributed by atoms with Crippen LogP contribution in [0.15, 0.2) is 35.0 Å². The van der Waals surface area contributed by atoms with Crippen molar-refractivity contribution in [1.29, 1.82) is 0 Å². The van der Waals surface area contributed by atoms with Crippen LogP contribution in [0.4, 0.5) is 0 Å². The van der Waals surface area contributed by atoms with E-state index in [0.29, 0.717) is 0 Å². The van der Waals surface area contributed by atoms with Gasteiger partial charge in [0.2, 0.25) is 0 Å². The number of benzene rings is 1. The van der Waals surface area contributed by atoms with Crippen LogP contribution < -0.4 is 5.32 Å². The quantitative estimate of drug-likeness (QED) is 0.829. The zero-order chi connectivity index (χ0) is 13.0. The number of thiophene rings is 1. The lowest BCUT2D eigenvalue weighted by Crippen LogP contribution is -2.23. The second kappa shape index (κ2) is 6.37. The van der Waals surface area contributed by atoms with Gasteiger partial charge in [-0.15, -0.1) is 0 Å². The Morgan fingerprint density at radius 1 is 1.33 bits per heavy atom. The van der Waals surface area contributed by atoms with Crippen molar-refractivity contribution < 1.29 is 0 Å².